The number of hydrogen-bond donors (Lipinski definition) is 2. The highest BCUT2D eigenvalue weighted by Crippen LogP contribution is 2.40. The summed E-state index contributed by atoms with van der Waals surface area (Å²) >= 11 is 0. The van der Waals surface area contributed by atoms with E-state index < -0.39 is 23.6 Å². The van der Waals surface area contributed by atoms with Crippen molar-refractivity contribution in [2.45, 2.75) is 89.4 Å². The SMILES string of the molecule is CC(C)(C)[C@@H](C(=O)N1C[C@H](O)C[C@H]1C(=O)NCCn1cnnc1C1CC1)n1cc(C2CC2)nn1. The minimum atomic E-state index is -0.739. The molecule has 3 fully saturated rings. The highest BCUT2D eigenvalue weighted by atomic mass is 16.3. The van der Waals surface area contributed by atoms with E-state index >= 15 is 0 Å². The molecule has 2 N–H and O–H groups in total. The molecule has 3 atom stereocenters. The van der Waals surface area contributed by atoms with E-state index in [-0.39, 0.29) is 24.8 Å². The molecule has 0 aromatic carbocycles. The summed E-state index contributed by atoms with van der Waals surface area (Å²) in [6, 6.07) is -1.34. The molecule has 0 spiro atoms. The molecule has 0 unspecified atom stereocenters. The molecule has 2 aliphatic carbocycles. The van der Waals surface area contributed by atoms with Gasteiger partial charge < -0.3 is 19.9 Å². The van der Waals surface area contributed by atoms with Gasteiger partial charge in [-0.05, 0) is 31.1 Å². The Balaban J connectivity index is 1.27. The number of nitrogens with zero attached hydrogens (tertiary/aromatic N) is 7. The number of aliphatic hydroxyl groups is 1. The lowest BCUT2D eigenvalue weighted by molar-refractivity contribution is -0.144. The Bertz CT molecular complexity index is 1050. The summed E-state index contributed by atoms with van der Waals surface area (Å²) in [5.74, 6) is 1.40. The van der Waals surface area contributed by atoms with Crippen molar-refractivity contribution >= 4 is 11.8 Å². The third-order valence-corrected chi connectivity index (χ3v) is 6.95. The molecule has 11 nitrogen and oxygen atoms in total. The monoisotopic (exact) mass is 470 g/mol. The summed E-state index contributed by atoms with van der Waals surface area (Å²) in [5, 5.41) is 30.0. The molecule has 11 heteroatoms. The maximum atomic E-state index is 13.8. The fourth-order valence-electron chi connectivity index (χ4n) is 4.84. The molecular weight excluding hydrogens is 436 g/mol. The topological polar surface area (TPSA) is 131 Å². The molecule has 34 heavy (non-hydrogen) atoms. The quantitative estimate of drug-likeness (QED) is 0.588. The van der Waals surface area contributed by atoms with Gasteiger partial charge in [0.15, 0.2) is 0 Å². The van der Waals surface area contributed by atoms with Gasteiger partial charge >= 0.3 is 0 Å². The van der Waals surface area contributed by atoms with Crippen LogP contribution in [-0.4, -0.2) is 76.8 Å². The van der Waals surface area contributed by atoms with Crippen LogP contribution in [0.25, 0.3) is 0 Å². The van der Waals surface area contributed by atoms with Crippen molar-refractivity contribution in [2.24, 2.45) is 5.41 Å². The summed E-state index contributed by atoms with van der Waals surface area (Å²) in [7, 11) is 0. The van der Waals surface area contributed by atoms with Crippen LogP contribution in [0.5, 0.6) is 0 Å². The minimum absolute atomic E-state index is 0.130. The molecule has 5 rings (SSSR count). The van der Waals surface area contributed by atoms with Crippen LogP contribution in [0.2, 0.25) is 0 Å². The van der Waals surface area contributed by atoms with Crippen LogP contribution in [0.3, 0.4) is 0 Å². The number of carbonyl (C=O) groups is 2. The van der Waals surface area contributed by atoms with Crippen LogP contribution in [0, 0.1) is 5.41 Å². The summed E-state index contributed by atoms with van der Waals surface area (Å²) in [5.41, 5.74) is 0.464. The van der Waals surface area contributed by atoms with Gasteiger partial charge in [-0.15, -0.1) is 15.3 Å². The van der Waals surface area contributed by atoms with Crippen molar-refractivity contribution in [1.29, 1.82) is 0 Å². The molecule has 1 aliphatic heterocycles. The maximum absolute atomic E-state index is 13.8. The van der Waals surface area contributed by atoms with Crippen molar-refractivity contribution in [3.8, 4) is 0 Å². The molecule has 3 heterocycles. The molecule has 184 valence electrons. The second-order valence-electron chi connectivity index (χ2n) is 11.0. The first-order valence-electron chi connectivity index (χ1n) is 12.3. The van der Waals surface area contributed by atoms with E-state index in [0.29, 0.717) is 24.9 Å². The molecule has 1 saturated heterocycles. The van der Waals surface area contributed by atoms with Crippen LogP contribution >= 0.6 is 0 Å². The van der Waals surface area contributed by atoms with Crippen molar-refractivity contribution in [2.75, 3.05) is 13.1 Å². The molecule has 0 radical (unpaired) electrons. The van der Waals surface area contributed by atoms with Crippen LogP contribution in [-0.2, 0) is 16.1 Å². The number of β-amino-alcohol motifs (C(OH)–C–C–N with tert-alkyl or cyclic N) is 1. The second-order valence-corrected chi connectivity index (χ2v) is 11.0. The Kier molecular flexibility index (Phi) is 5.91. The summed E-state index contributed by atoms with van der Waals surface area (Å²) < 4.78 is 3.61. The van der Waals surface area contributed by atoms with E-state index in [2.05, 4.69) is 25.8 Å². The normalized spacial score (nSPS) is 23.8. The predicted octanol–water partition coefficient (Wildman–Crippen LogP) is 0.990. The average Bonchev–Trinajstić information content (AvgIpc) is 3.67. The number of hydrogen-bond acceptors (Lipinski definition) is 7. The summed E-state index contributed by atoms with van der Waals surface area (Å²) in [6.45, 7) is 7.04. The van der Waals surface area contributed by atoms with Gasteiger partial charge in [-0.1, -0.05) is 26.0 Å². The van der Waals surface area contributed by atoms with Gasteiger partial charge in [0.1, 0.15) is 24.2 Å². The Morgan fingerprint density at radius 2 is 1.91 bits per heavy atom. The van der Waals surface area contributed by atoms with Gasteiger partial charge in [-0.25, -0.2) is 4.68 Å². The highest BCUT2D eigenvalue weighted by molar-refractivity contribution is 5.90. The number of rotatable bonds is 8. The van der Waals surface area contributed by atoms with Gasteiger partial charge in [0.05, 0.1) is 11.8 Å². The maximum Gasteiger partial charge on any atom is 0.248 e. The van der Waals surface area contributed by atoms with Crippen molar-refractivity contribution < 1.29 is 14.7 Å². The first kappa shape index (κ1) is 22.9. The molecule has 3 aliphatic rings. The third-order valence-electron chi connectivity index (χ3n) is 6.95. The van der Waals surface area contributed by atoms with Gasteiger partial charge in [0, 0.05) is 44.1 Å². The lowest BCUT2D eigenvalue weighted by Gasteiger charge is -2.34. The predicted molar refractivity (Wildman–Crippen MR) is 122 cm³/mol. The molecule has 2 aromatic rings. The van der Waals surface area contributed by atoms with Crippen LogP contribution in [0.15, 0.2) is 12.5 Å². The summed E-state index contributed by atoms with van der Waals surface area (Å²) in [6.07, 6.45) is 7.50. The second kappa shape index (κ2) is 8.75. The smallest absolute Gasteiger partial charge is 0.248 e. The molecular formula is C23H34N8O3. The fraction of sp³-hybridized carbons (Fsp3) is 0.739. The van der Waals surface area contributed by atoms with E-state index in [1.54, 1.807) is 11.0 Å². The number of likely N-dealkylation sites (tertiary alicyclic amines) is 1. The fourth-order valence-corrected chi connectivity index (χ4v) is 4.84. The number of aliphatic hydroxyl groups excluding tert-OH is 1. The van der Waals surface area contributed by atoms with E-state index in [1.807, 2.05) is 31.5 Å². The largest absolute Gasteiger partial charge is 0.391 e. The average molecular weight is 471 g/mol. The number of nitrogens with one attached hydrogen (secondary N) is 1. The van der Waals surface area contributed by atoms with Crippen LogP contribution < -0.4 is 5.32 Å². The zero-order chi connectivity index (χ0) is 24.0. The van der Waals surface area contributed by atoms with Crippen molar-refractivity contribution in [3.63, 3.8) is 0 Å². The van der Waals surface area contributed by atoms with E-state index in [1.165, 1.54) is 4.90 Å². The summed E-state index contributed by atoms with van der Waals surface area (Å²) in [4.78, 5) is 28.4. The Morgan fingerprint density at radius 1 is 1.18 bits per heavy atom. The molecule has 2 aromatic heterocycles. The number of aromatic nitrogens is 6. The molecule has 0 bridgehead atoms. The van der Waals surface area contributed by atoms with Crippen LogP contribution in [0.4, 0.5) is 0 Å². The van der Waals surface area contributed by atoms with E-state index in [4.69, 9.17) is 0 Å². The highest BCUT2D eigenvalue weighted by Gasteiger charge is 2.45. The lowest BCUT2D eigenvalue weighted by atomic mass is 9.85. The standard InChI is InChI=1S/C23H34N8O3/c1-23(2,3)19(31-12-17(26-28-31)14-4-5-14)22(34)30-11-16(32)10-18(30)21(33)24-8-9-29-13-25-27-20(29)15-6-7-15/h12-16,18-19,32H,4-11H2,1-3H3,(H,24,33)/t16-,18+,19-/m1/s1. The Morgan fingerprint density at radius 3 is 2.59 bits per heavy atom. The first-order valence-corrected chi connectivity index (χ1v) is 12.3. The van der Waals surface area contributed by atoms with Gasteiger partial charge in [0.25, 0.3) is 0 Å². The number of amides is 2. The van der Waals surface area contributed by atoms with Crippen LogP contribution in [0.1, 0.15) is 82.3 Å². The Hall–Kier alpha value is -2.82. The van der Waals surface area contributed by atoms with Gasteiger partial charge in [-0.3, -0.25) is 9.59 Å². The zero-order valence-corrected chi connectivity index (χ0v) is 20.1. The Labute approximate surface area is 198 Å². The molecule has 2 amide bonds. The molecule has 2 saturated carbocycles. The van der Waals surface area contributed by atoms with E-state index in [9.17, 15) is 14.7 Å². The van der Waals surface area contributed by atoms with E-state index in [0.717, 1.165) is 37.2 Å². The first-order chi connectivity index (χ1) is 16.2. The van der Waals surface area contributed by atoms with Gasteiger partial charge in [-0.2, -0.15) is 0 Å². The lowest BCUT2D eigenvalue weighted by Crippen LogP contribution is -2.50. The van der Waals surface area contributed by atoms with Gasteiger partial charge in [0.2, 0.25) is 11.8 Å². The zero-order valence-electron chi connectivity index (χ0n) is 20.1. The number of carbonyl (C=O) groups excluding carboxylic acids is 2. The minimum Gasteiger partial charge on any atom is -0.391 e. The third kappa shape index (κ3) is 4.70. The van der Waals surface area contributed by atoms with Crippen molar-refractivity contribution in [1.82, 2.24) is 40.0 Å². The van der Waals surface area contributed by atoms with Crippen molar-refractivity contribution in [3.05, 3.63) is 24.0 Å².